The predicted octanol–water partition coefficient (Wildman–Crippen LogP) is 10.0. The Bertz CT molecular complexity index is 611. The minimum absolute atomic E-state index is 0.0257. The highest BCUT2D eigenvalue weighted by Crippen LogP contribution is 2.42. The van der Waals surface area contributed by atoms with Crippen LogP contribution in [-0.2, 0) is 12.8 Å². The van der Waals surface area contributed by atoms with Crippen molar-refractivity contribution in [3.63, 3.8) is 0 Å². The molecule has 0 aromatic heterocycles. The van der Waals surface area contributed by atoms with Gasteiger partial charge in [-0.3, -0.25) is 0 Å². The van der Waals surface area contributed by atoms with E-state index in [1.807, 2.05) is 0 Å². The van der Waals surface area contributed by atoms with Crippen molar-refractivity contribution < 1.29 is 14.9 Å². The standard InChI is InChI=1S/C31H56O3/c1-4-7-10-13-16-19-22-25-34-31-28(24-21-18-15-12-9-6-3)27(26-29(32)30(31)33)23-20-17-14-11-8-5-2/h26,32-33H,4-25H2,1-3H3. The van der Waals surface area contributed by atoms with E-state index in [4.69, 9.17) is 4.74 Å². The molecular formula is C31H56O3. The van der Waals surface area contributed by atoms with E-state index in [2.05, 4.69) is 20.8 Å². The second kappa shape index (κ2) is 20.9. The summed E-state index contributed by atoms with van der Waals surface area (Å²) in [5, 5.41) is 21.1. The van der Waals surface area contributed by atoms with Crippen molar-refractivity contribution in [3.05, 3.63) is 17.2 Å². The molecule has 0 spiro atoms. The summed E-state index contributed by atoms with van der Waals surface area (Å²) in [6.07, 6.45) is 25.6. The van der Waals surface area contributed by atoms with Crippen LogP contribution in [-0.4, -0.2) is 16.8 Å². The summed E-state index contributed by atoms with van der Waals surface area (Å²) < 4.78 is 6.16. The lowest BCUT2D eigenvalue weighted by atomic mass is 9.94. The van der Waals surface area contributed by atoms with Crippen molar-refractivity contribution in [2.45, 2.75) is 156 Å². The Balaban J connectivity index is 2.72. The molecule has 0 amide bonds. The Morgan fingerprint density at radius 2 is 1.00 bits per heavy atom. The van der Waals surface area contributed by atoms with Crippen LogP contribution in [0.2, 0.25) is 0 Å². The molecule has 0 saturated heterocycles. The SMILES string of the molecule is CCCCCCCCCOc1c(O)c(O)cc(CCCCCCCC)c1CCCCCCCC. The number of aromatic hydroxyl groups is 2. The first-order valence-corrected chi connectivity index (χ1v) is 14.8. The van der Waals surface area contributed by atoms with Crippen LogP contribution in [0, 0.1) is 0 Å². The van der Waals surface area contributed by atoms with Gasteiger partial charge in [0.05, 0.1) is 6.61 Å². The molecule has 0 saturated carbocycles. The molecule has 2 N–H and O–H groups in total. The van der Waals surface area contributed by atoms with E-state index in [1.54, 1.807) is 6.07 Å². The van der Waals surface area contributed by atoms with Gasteiger partial charge in [-0.05, 0) is 43.7 Å². The fourth-order valence-electron chi connectivity index (χ4n) is 4.79. The first kappa shape index (κ1) is 30.7. The highest BCUT2D eigenvalue weighted by atomic mass is 16.5. The van der Waals surface area contributed by atoms with Gasteiger partial charge in [0.1, 0.15) is 0 Å². The third kappa shape index (κ3) is 13.5. The van der Waals surface area contributed by atoms with Gasteiger partial charge in [-0.25, -0.2) is 0 Å². The van der Waals surface area contributed by atoms with Crippen molar-refractivity contribution in [3.8, 4) is 17.2 Å². The molecular weight excluding hydrogens is 420 g/mol. The van der Waals surface area contributed by atoms with E-state index in [0.29, 0.717) is 12.4 Å². The lowest BCUT2D eigenvalue weighted by Crippen LogP contribution is -2.05. The van der Waals surface area contributed by atoms with E-state index in [1.165, 1.54) is 108 Å². The van der Waals surface area contributed by atoms with Gasteiger partial charge in [-0.1, -0.05) is 124 Å². The molecule has 0 unspecified atom stereocenters. The average Bonchev–Trinajstić information content (AvgIpc) is 2.83. The minimum Gasteiger partial charge on any atom is -0.504 e. The van der Waals surface area contributed by atoms with Gasteiger partial charge in [-0.2, -0.15) is 0 Å². The van der Waals surface area contributed by atoms with Crippen molar-refractivity contribution in [2.75, 3.05) is 6.61 Å². The first-order valence-electron chi connectivity index (χ1n) is 14.8. The zero-order valence-electron chi connectivity index (χ0n) is 22.9. The maximum absolute atomic E-state index is 10.7. The van der Waals surface area contributed by atoms with E-state index in [0.717, 1.165) is 37.7 Å². The molecule has 3 heteroatoms. The highest BCUT2D eigenvalue weighted by molar-refractivity contribution is 5.58. The van der Waals surface area contributed by atoms with E-state index in [9.17, 15) is 10.2 Å². The second-order valence-corrected chi connectivity index (χ2v) is 10.2. The van der Waals surface area contributed by atoms with Crippen LogP contribution < -0.4 is 4.74 Å². The molecule has 3 nitrogen and oxygen atoms in total. The molecule has 1 rings (SSSR count). The molecule has 0 aliphatic carbocycles. The molecule has 0 bridgehead atoms. The van der Waals surface area contributed by atoms with Gasteiger partial charge < -0.3 is 14.9 Å². The van der Waals surface area contributed by atoms with Crippen LogP contribution >= 0.6 is 0 Å². The van der Waals surface area contributed by atoms with Gasteiger partial charge in [0.2, 0.25) is 5.75 Å². The maximum Gasteiger partial charge on any atom is 0.200 e. The maximum atomic E-state index is 10.7. The lowest BCUT2D eigenvalue weighted by molar-refractivity contribution is 0.279. The Labute approximate surface area is 211 Å². The van der Waals surface area contributed by atoms with Crippen molar-refractivity contribution in [1.29, 1.82) is 0 Å². The zero-order valence-corrected chi connectivity index (χ0v) is 22.9. The number of rotatable bonds is 23. The Kier molecular flexibility index (Phi) is 18.9. The van der Waals surface area contributed by atoms with Crippen LogP contribution in [0.15, 0.2) is 6.07 Å². The average molecular weight is 477 g/mol. The molecule has 0 aliphatic rings. The number of hydrogen-bond acceptors (Lipinski definition) is 3. The molecule has 0 atom stereocenters. The highest BCUT2D eigenvalue weighted by Gasteiger charge is 2.19. The number of phenolic OH excluding ortho intramolecular Hbond substituents is 2. The van der Waals surface area contributed by atoms with Crippen molar-refractivity contribution in [1.82, 2.24) is 0 Å². The van der Waals surface area contributed by atoms with Crippen LogP contribution in [0.4, 0.5) is 0 Å². The summed E-state index contributed by atoms with van der Waals surface area (Å²) in [6, 6.07) is 1.80. The van der Waals surface area contributed by atoms with Gasteiger partial charge in [0.25, 0.3) is 0 Å². The van der Waals surface area contributed by atoms with E-state index in [-0.39, 0.29) is 11.5 Å². The molecule has 34 heavy (non-hydrogen) atoms. The van der Waals surface area contributed by atoms with Crippen LogP contribution in [0.5, 0.6) is 17.2 Å². The molecule has 0 heterocycles. The van der Waals surface area contributed by atoms with Crippen LogP contribution in [0.1, 0.15) is 154 Å². The molecule has 198 valence electrons. The van der Waals surface area contributed by atoms with Gasteiger partial charge >= 0.3 is 0 Å². The van der Waals surface area contributed by atoms with Gasteiger partial charge in [-0.15, -0.1) is 0 Å². The number of aryl methyl sites for hydroxylation is 1. The number of hydrogen-bond donors (Lipinski definition) is 2. The van der Waals surface area contributed by atoms with Crippen molar-refractivity contribution >= 4 is 0 Å². The van der Waals surface area contributed by atoms with E-state index >= 15 is 0 Å². The summed E-state index contributed by atoms with van der Waals surface area (Å²) >= 11 is 0. The topological polar surface area (TPSA) is 49.7 Å². The van der Waals surface area contributed by atoms with Crippen molar-refractivity contribution in [2.24, 2.45) is 0 Å². The monoisotopic (exact) mass is 476 g/mol. The molecule has 0 fully saturated rings. The molecule has 0 radical (unpaired) electrons. The molecule has 1 aromatic rings. The summed E-state index contributed by atoms with van der Waals surface area (Å²) in [6.45, 7) is 7.37. The second-order valence-electron chi connectivity index (χ2n) is 10.2. The quantitative estimate of drug-likeness (QED) is 0.122. The number of ether oxygens (including phenoxy) is 1. The summed E-state index contributed by atoms with van der Waals surface area (Å²) in [5.74, 6) is 0.471. The third-order valence-corrected chi connectivity index (χ3v) is 7.00. The fourth-order valence-corrected chi connectivity index (χ4v) is 4.79. The molecule has 1 aromatic carbocycles. The summed E-state index contributed by atoms with van der Waals surface area (Å²) in [4.78, 5) is 0. The normalized spacial score (nSPS) is 11.3. The van der Waals surface area contributed by atoms with Gasteiger partial charge in [0.15, 0.2) is 11.5 Å². The first-order chi connectivity index (χ1) is 16.7. The van der Waals surface area contributed by atoms with E-state index < -0.39 is 0 Å². The van der Waals surface area contributed by atoms with Crippen LogP contribution in [0.25, 0.3) is 0 Å². The third-order valence-electron chi connectivity index (χ3n) is 7.00. The lowest BCUT2D eigenvalue weighted by Gasteiger charge is -2.18. The fraction of sp³-hybridized carbons (Fsp3) is 0.806. The minimum atomic E-state index is -0.0596. The summed E-state index contributed by atoms with van der Waals surface area (Å²) in [5.41, 5.74) is 2.32. The predicted molar refractivity (Wildman–Crippen MR) is 147 cm³/mol. The smallest absolute Gasteiger partial charge is 0.200 e. The largest absolute Gasteiger partial charge is 0.504 e. The molecule has 0 aliphatic heterocycles. The number of phenols is 2. The summed E-state index contributed by atoms with van der Waals surface area (Å²) in [7, 11) is 0. The van der Waals surface area contributed by atoms with Crippen LogP contribution in [0.3, 0.4) is 0 Å². The zero-order chi connectivity index (χ0) is 24.9. The number of benzene rings is 1. The van der Waals surface area contributed by atoms with Gasteiger partial charge in [0, 0.05) is 5.56 Å². The Morgan fingerprint density at radius 3 is 1.53 bits per heavy atom. The number of unbranched alkanes of at least 4 members (excludes halogenated alkanes) is 16. The Hall–Kier alpha value is -1.38. The Morgan fingerprint density at radius 1 is 0.559 bits per heavy atom.